The van der Waals surface area contributed by atoms with Crippen LogP contribution in [0.25, 0.3) is 0 Å². The maximum atomic E-state index is 12.4. The zero-order valence-electron chi connectivity index (χ0n) is 11.3. The predicted molar refractivity (Wildman–Crippen MR) is 68.8 cm³/mol. The fourth-order valence-corrected chi connectivity index (χ4v) is 4.25. The van der Waals surface area contributed by atoms with Crippen molar-refractivity contribution >= 4 is 11.8 Å². The number of aliphatic carboxylic acids is 1. The van der Waals surface area contributed by atoms with Crippen LogP contribution in [0.2, 0.25) is 0 Å². The largest absolute Gasteiger partial charge is 0.480 e. The topological polar surface area (TPSA) is 63.6 Å². The Hall–Kier alpha value is -0.900. The van der Waals surface area contributed by atoms with Gasteiger partial charge in [0.1, 0.15) is 11.2 Å². The highest BCUT2D eigenvalue weighted by Gasteiger charge is 2.56. The van der Waals surface area contributed by atoms with Crippen molar-refractivity contribution in [2.24, 2.45) is 11.3 Å². The Balaban J connectivity index is 1.87. The van der Waals surface area contributed by atoms with E-state index >= 15 is 0 Å². The molecule has 0 radical (unpaired) electrons. The van der Waals surface area contributed by atoms with Crippen molar-refractivity contribution in [3.05, 3.63) is 0 Å². The summed E-state index contributed by atoms with van der Waals surface area (Å²) in [5, 5.41) is 9.71. The third-order valence-corrected chi connectivity index (χ3v) is 5.56. The molecule has 2 unspecified atom stereocenters. The summed E-state index contributed by atoms with van der Waals surface area (Å²) in [6, 6.07) is 0. The van der Waals surface area contributed by atoms with Crippen LogP contribution >= 0.6 is 0 Å². The molecule has 2 aliphatic carbocycles. The lowest BCUT2D eigenvalue weighted by Crippen LogP contribution is -2.55. The standard InChI is InChI=1S/C15H22O4/c16-12-4-1-2-8-15(12,13(17)18)11-5-9-19-14(10-11)6-3-7-14/h11H,1-10H2,(H,17,18). The molecule has 1 spiro atoms. The van der Waals surface area contributed by atoms with Gasteiger partial charge in [0.2, 0.25) is 0 Å². The first kappa shape index (κ1) is 13.1. The van der Waals surface area contributed by atoms with Crippen LogP contribution in [0.5, 0.6) is 0 Å². The molecule has 106 valence electrons. The van der Waals surface area contributed by atoms with E-state index in [-0.39, 0.29) is 17.3 Å². The summed E-state index contributed by atoms with van der Waals surface area (Å²) < 4.78 is 5.88. The van der Waals surface area contributed by atoms with E-state index in [1.54, 1.807) is 0 Å². The van der Waals surface area contributed by atoms with Crippen molar-refractivity contribution in [3.8, 4) is 0 Å². The van der Waals surface area contributed by atoms with E-state index in [1.807, 2.05) is 0 Å². The molecule has 4 heteroatoms. The fourth-order valence-electron chi connectivity index (χ4n) is 4.25. The van der Waals surface area contributed by atoms with Crippen LogP contribution in [0, 0.1) is 11.3 Å². The molecule has 1 saturated heterocycles. The molecule has 0 bridgehead atoms. The Morgan fingerprint density at radius 1 is 1.21 bits per heavy atom. The van der Waals surface area contributed by atoms with E-state index in [2.05, 4.69) is 0 Å². The molecule has 1 aliphatic heterocycles. The molecule has 2 saturated carbocycles. The van der Waals surface area contributed by atoms with Crippen molar-refractivity contribution in [2.45, 2.75) is 63.4 Å². The molecule has 0 aromatic carbocycles. The molecule has 0 aromatic heterocycles. The highest BCUT2D eigenvalue weighted by Crippen LogP contribution is 2.52. The number of ketones is 1. The van der Waals surface area contributed by atoms with Crippen molar-refractivity contribution < 1.29 is 19.4 Å². The Kier molecular flexibility index (Phi) is 3.16. The lowest BCUT2D eigenvalue weighted by Gasteiger charge is -2.51. The Labute approximate surface area is 113 Å². The number of carbonyl (C=O) groups is 2. The first-order chi connectivity index (χ1) is 9.09. The Morgan fingerprint density at radius 3 is 2.58 bits per heavy atom. The van der Waals surface area contributed by atoms with Gasteiger partial charge in [-0.3, -0.25) is 9.59 Å². The highest BCUT2D eigenvalue weighted by molar-refractivity contribution is 6.03. The van der Waals surface area contributed by atoms with Gasteiger partial charge >= 0.3 is 5.97 Å². The Bertz CT molecular complexity index is 399. The van der Waals surface area contributed by atoms with Crippen LogP contribution in [-0.4, -0.2) is 29.1 Å². The second kappa shape index (κ2) is 4.58. The number of carbonyl (C=O) groups excluding carboxylic acids is 1. The molecule has 19 heavy (non-hydrogen) atoms. The lowest BCUT2D eigenvalue weighted by molar-refractivity contribution is -0.182. The number of Topliss-reactive ketones (excluding diaryl/α,β-unsaturated/α-hetero) is 1. The van der Waals surface area contributed by atoms with E-state index in [9.17, 15) is 14.7 Å². The molecule has 4 nitrogen and oxygen atoms in total. The van der Waals surface area contributed by atoms with Crippen molar-refractivity contribution in [2.75, 3.05) is 6.61 Å². The van der Waals surface area contributed by atoms with Crippen LogP contribution in [-0.2, 0) is 14.3 Å². The van der Waals surface area contributed by atoms with Crippen molar-refractivity contribution in [1.29, 1.82) is 0 Å². The number of hydrogen-bond acceptors (Lipinski definition) is 3. The minimum Gasteiger partial charge on any atom is -0.480 e. The van der Waals surface area contributed by atoms with Gasteiger partial charge in [-0.05, 0) is 50.9 Å². The summed E-state index contributed by atoms with van der Waals surface area (Å²) in [5.41, 5.74) is -1.20. The average molecular weight is 266 g/mol. The predicted octanol–water partition coefficient (Wildman–Crippen LogP) is 2.55. The molecular weight excluding hydrogens is 244 g/mol. The number of ether oxygens (including phenoxy) is 1. The molecule has 2 atom stereocenters. The highest BCUT2D eigenvalue weighted by atomic mass is 16.5. The molecule has 3 fully saturated rings. The lowest BCUT2D eigenvalue weighted by atomic mass is 9.58. The van der Waals surface area contributed by atoms with E-state index in [4.69, 9.17) is 4.74 Å². The number of hydrogen-bond donors (Lipinski definition) is 1. The van der Waals surface area contributed by atoms with Gasteiger partial charge < -0.3 is 9.84 Å². The van der Waals surface area contributed by atoms with Gasteiger partial charge in [-0.1, -0.05) is 6.42 Å². The summed E-state index contributed by atoms with van der Waals surface area (Å²) in [7, 11) is 0. The van der Waals surface area contributed by atoms with Gasteiger partial charge in [-0.2, -0.15) is 0 Å². The van der Waals surface area contributed by atoms with Gasteiger partial charge in [0, 0.05) is 13.0 Å². The molecule has 3 rings (SSSR count). The van der Waals surface area contributed by atoms with Crippen LogP contribution < -0.4 is 0 Å². The van der Waals surface area contributed by atoms with Crippen LogP contribution in [0.1, 0.15) is 57.8 Å². The second-order valence-electron chi connectivity index (χ2n) is 6.48. The van der Waals surface area contributed by atoms with E-state index in [0.29, 0.717) is 19.4 Å². The third kappa shape index (κ3) is 1.92. The zero-order valence-corrected chi connectivity index (χ0v) is 11.3. The van der Waals surface area contributed by atoms with E-state index in [0.717, 1.165) is 38.5 Å². The zero-order chi connectivity index (χ0) is 13.5. The van der Waals surface area contributed by atoms with E-state index in [1.165, 1.54) is 6.42 Å². The minimum absolute atomic E-state index is 0.0214. The SMILES string of the molecule is O=C(O)C1(C2CCOC3(CCC3)C2)CCCCC1=O. The fraction of sp³-hybridized carbons (Fsp3) is 0.867. The maximum Gasteiger partial charge on any atom is 0.317 e. The molecule has 1 heterocycles. The Morgan fingerprint density at radius 2 is 2.00 bits per heavy atom. The van der Waals surface area contributed by atoms with Crippen LogP contribution in [0.4, 0.5) is 0 Å². The van der Waals surface area contributed by atoms with Crippen LogP contribution in [0.15, 0.2) is 0 Å². The summed E-state index contributed by atoms with van der Waals surface area (Å²) in [6.07, 6.45) is 7.41. The third-order valence-electron chi connectivity index (χ3n) is 5.56. The van der Waals surface area contributed by atoms with Gasteiger partial charge in [0.15, 0.2) is 0 Å². The van der Waals surface area contributed by atoms with E-state index < -0.39 is 11.4 Å². The van der Waals surface area contributed by atoms with Gasteiger partial charge in [-0.25, -0.2) is 0 Å². The summed E-state index contributed by atoms with van der Waals surface area (Å²) >= 11 is 0. The number of rotatable bonds is 2. The molecule has 0 amide bonds. The summed E-state index contributed by atoms with van der Waals surface area (Å²) in [4.78, 5) is 24.2. The summed E-state index contributed by atoms with van der Waals surface area (Å²) in [6.45, 7) is 0.618. The summed E-state index contributed by atoms with van der Waals surface area (Å²) in [5.74, 6) is -0.946. The van der Waals surface area contributed by atoms with Crippen molar-refractivity contribution in [3.63, 3.8) is 0 Å². The first-order valence-corrected chi connectivity index (χ1v) is 7.50. The van der Waals surface area contributed by atoms with Gasteiger partial charge in [0.25, 0.3) is 0 Å². The number of carboxylic acid groups (broad SMARTS) is 1. The minimum atomic E-state index is -1.11. The van der Waals surface area contributed by atoms with Crippen LogP contribution in [0.3, 0.4) is 0 Å². The first-order valence-electron chi connectivity index (χ1n) is 7.50. The second-order valence-corrected chi connectivity index (χ2v) is 6.48. The normalized spacial score (nSPS) is 37.9. The molecule has 0 aromatic rings. The van der Waals surface area contributed by atoms with Gasteiger partial charge in [0.05, 0.1) is 5.60 Å². The number of carboxylic acids is 1. The van der Waals surface area contributed by atoms with Crippen molar-refractivity contribution in [1.82, 2.24) is 0 Å². The maximum absolute atomic E-state index is 12.4. The quantitative estimate of drug-likeness (QED) is 0.780. The average Bonchev–Trinajstić information content (AvgIpc) is 2.37. The molecular formula is C15H22O4. The molecule has 3 aliphatic rings. The monoisotopic (exact) mass is 266 g/mol. The van der Waals surface area contributed by atoms with Gasteiger partial charge in [-0.15, -0.1) is 0 Å². The molecule has 1 N–H and O–H groups in total. The smallest absolute Gasteiger partial charge is 0.317 e.